The van der Waals surface area contributed by atoms with Crippen molar-refractivity contribution in [2.24, 2.45) is 0 Å². The number of nitrogens with one attached hydrogen (secondary N) is 2. The monoisotopic (exact) mass is 284 g/mol. The Bertz CT molecular complexity index is 608. The lowest BCUT2D eigenvalue weighted by Crippen LogP contribution is -2.22. The van der Waals surface area contributed by atoms with E-state index in [0.29, 0.717) is 12.1 Å². The molecule has 0 aliphatic heterocycles. The Morgan fingerprint density at radius 2 is 1.90 bits per heavy atom. The summed E-state index contributed by atoms with van der Waals surface area (Å²) in [7, 11) is 0. The molecule has 0 aromatic heterocycles. The number of carbonyl (C=O) groups excluding carboxylic acids is 1. The van der Waals surface area contributed by atoms with Crippen molar-refractivity contribution in [1.29, 1.82) is 0 Å². The van der Waals surface area contributed by atoms with E-state index in [1.165, 1.54) is 0 Å². The Labute approximate surface area is 124 Å². The largest absolute Gasteiger partial charge is 0.508 e. The zero-order valence-electron chi connectivity index (χ0n) is 12.3. The van der Waals surface area contributed by atoms with E-state index in [9.17, 15) is 9.90 Å². The van der Waals surface area contributed by atoms with Gasteiger partial charge in [-0.15, -0.1) is 0 Å². The van der Waals surface area contributed by atoms with Crippen molar-refractivity contribution in [2.45, 2.75) is 19.9 Å². The van der Waals surface area contributed by atoms with Crippen LogP contribution in [-0.4, -0.2) is 17.6 Å². The Morgan fingerprint density at radius 1 is 1.19 bits per heavy atom. The number of hydrogen-bond acceptors (Lipinski definition) is 3. The normalized spacial score (nSPS) is 11.7. The summed E-state index contributed by atoms with van der Waals surface area (Å²) in [6, 6.07) is 14.6. The van der Waals surface area contributed by atoms with Crippen LogP contribution in [0.5, 0.6) is 5.75 Å². The highest BCUT2D eigenvalue weighted by molar-refractivity contribution is 5.94. The molecule has 0 spiro atoms. The van der Waals surface area contributed by atoms with E-state index in [4.69, 9.17) is 0 Å². The van der Waals surface area contributed by atoms with Crippen molar-refractivity contribution in [3.63, 3.8) is 0 Å². The fourth-order valence-electron chi connectivity index (χ4n) is 2.11. The summed E-state index contributed by atoms with van der Waals surface area (Å²) in [5, 5.41) is 15.6. The van der Waals surface area contributed by atoms with Crippen LogP contribution in [0.4, 0.5) is 5.69 Å². The summed E-state index contributed by atoms with van der Waals surface area (Å²) >= 11 is 0. The average molecular weight is 284 g/mol. The number of carbonyl (C=O) groups is 1. The molecule has 0 aliphatic carbocycles. The molecule has 4 nitrogen and oxygen atoms in total. The third-order valence-electron chi connectivity index (χ3n) is 3.24. The highest BCUT2D eigenvalue weighted by Gasteiger charge is 2.07. The molecule has 1 atom stereocenters. The summed E-state index contributed by atoms with van der Waals surface area (Å²) in [6.07, 6.45) is 0. The minimum atomic E-state index is -0.0647. The van der Waals surface area contributed by atoms with E-state index >= 15 is 0 Å². The highest BCUT2D eigenvalue weighted by Crippen LogP contribution is 2.22. The van der Waals surface area contributed by atoms with Gasteiger partial charge in [0, 0.05) is 23.8 Å². The molecule has 0 saturated carbocycles. The molecule has 4 heteroatoms. The van der Waals surface area contributed by atoms with Crippen molar-refractivity contribution in [2.75, 3.05) is 11.9 Å². The van der Waals surface area contributed by atoms with Crippen LogP contribution in [0.15, 0.2) is 48.5 Å². The molecule has 0 fully saturated rings. The van der Waals surface area contributed by atoms with Crippen molar-refractivity contribution < 1.29 is 9.90 Å². The summed E-state index contributed by atoms with van der Waals surface area (Å²) in [4.78, 5) is 11.7. The standard InChI is InChI=1S/C17H20N2O2/c1-3-18-17(21)13-7-9-15(10-8-13)19-12(2)14-5-4-6-16(20)11-14/h4-12,19-20H,3H2,1-2H3,(H,18,21). The number of anilines is 1. The molecule has 0 saturated heterocycles. The van der Waals surface area contributed by atoms with Crippen LogP contribution in [0.2, 0.25) is 0 Å². The van der Waals surface area contributed by atoms with E-state index in [1.807, 2.05) is 38.1 Å². The molecular weight excluding hydrogens is 264 g/mol. The van der Waals surface area contributed by atoms with E-state index in [1.54, 1.807) is 24.3 Å². The maximum atomic E-state index is 11.7. The molecule has 0 heterocycles. The second kappa shape index (κ2) is 6.79. The lowest BCUT2D eigenvalue weighted by atomic mass is 10.1. The van der Waals surface area contributed by atoms with Gasteiger partial charge >= 0.3 is 0 Å². The first-order chi connectivity index (χ1) is 10.1. The quantitative estimate of drug-likeness (QED) is 0.789. The summed E-state index contributed by atoms with van der Waals surface area (Å²) in [5.41, 5.74) is 2.58. The summed E-state index contributed by atoms with van der Waals surface area (Å²) < 4.78 is 0. The Morgan fingerprint density at radius 3 is 2.52 bits per heavy atom. The van der Waals surface area contributed by atoms with Gasteiger partial charge in [0.2, 0.25) is 0 Å². The highest BCUT2D eigenvalue weighted by atomic mass is 16.3. The summed E-state index contributed by atoms with van der Waals surface area (Å²) in [6.45, 7) is 4.53. The van der Waals surface area contributed by atoms with Gasteiger partial charge in [-0.1, -0.05) is 12.1 Å². The van der Waals surface area contributed by atoms with Gasteiger partial charge in [-0.3, -0.25) is 4.79 Å². The molecular formula is C17H20N2O2. The predicted molar refractivity (Wildman–Crippen MR) is 84.6 cm³/mol. The molecule has 1 amide bonds. The maximum absolute atomic E-state index is 11.7. The van der Waals surface area contributed by atoms with E-state index in [2.05, 4.69) is 10.6 Å². The molecule has 0 bridgehead atoms. The lowest BCUT2D eigenvalue weighted by molar-refractivity contribution is 0.0956. The van der Waals surface area contributed by atoms with Gasteiger partial charge in [0.15, 0.2) is 0 Å². The van der Waals surface area contributed by atoms with Crippen molar-refractivity contribution >= 4 is 11.6 Å². The fourth-order valence-corrected chi connectivity index (χ4v) is 2.11. The van der Waals surface area contributed by atoms with Gasteiger partial charge in [-0.25, -0.2) is 0 Å². The average Bonchev–Trinajstić information content (AvgIpc) is 2.48. The van der Waals surface area contributed by atoms with Crippen LogP contribution in [-0.2, 0) is 0 Å². The minimum Gasteiger partial charge on any atom is -0.508 e. The van der Waals surface area contributed by atoms with Crippen molar-refractivity contribution in [1.82, 2.24) is 5.32 Å². The van der Waals surface area contributed by atoms with Gasteiger partial charge in [0.25, 0.3) is 5.91 Å². The van der Waals surface area contributed by atoms with Crippen LogP contribution in [0.25, 0.3) is 0 Å². The van der Waals surface area contributed by atoms with E-state index < -0.39 is 0 Å². The first-order valence-corrected chi connectivity index (χ1v) is 7.04. The molecule has 3 N–H and O–H groups in total. The zero-order chi connectivity index (χ0) is 15.2. The van der Waals surface area contributed by atoms with E-state index in [-0.39, 0.29) is 17.7 Å². The molecule has 2 aromatic carbocycles. The fraction of sp³-hybridized carbons (Fsp3) is 0.235. The van der Waals surface area contributed by atoms with Gasteiger partial charge in [0.05, 0.1) is 0 Å². The first-order valence-electron chi connectivity index (χ1n) is 7.04. The third kappa shape index (κ3) is 3.99. The van der Waals surface area contributed by atoms with Gasteiger partial charge in [-0.2, -0.15) is 0 Å². The number of aromatic hydroxyl groups is 1. The first kappa shape index (κ1) is 14.9. The van der Waals surface area contributed by atoms with Crippen LogP contribution >= 0.6 is 0 Å². The molecule has 2 rings (SSSR count). The zero-order valence-corrected chi connectivity index (χ0v) is 12.3. The molecule has 2 aromatic rings. The number of hydrogen-bond donors (Lipinski definition) is 3. The maximum Gasteiger partial charge on any atom is 0.251 e. The number of benzene rings is 2. The lowest BCUT2D eigenvalue weighted by Gasteiger charge is -2.16. The van der Waals surface area contributed by atoms with Crippen LogP contribution < -0.4 is 10.6 Å². The minimum absolute atomic E-state index is 0.0624. The van der Waals surface area contributed by atoms with Crippen molar-refractivity contribution in [3.05, 3.63) is 59.7 Å². The van der Waals surface area contributed by atoms with E-state index in [0.717, 1.165) is 11.3 Å². The van der Waals surface area contributed by atoms with Crippen molar-refractivity contribution in [3.8, 4) is 5.75 Å². The number of phenols is 1. The predicted octanol–water partition coefficient (Wildman–Crippen LogP) is 3.32. The van der Waals surface area contributed by atoms with Crippen LogP contribution in [0.3, 0.4) is 0 Å². The second-order valence-electron chi connectivity index (χ2n) is 4.90. The molecule has 21 heavy (non-hydrogen) atoms. The third-order valence-corrected chi connectivity index (χ3v) is 3.24. The van der Waals surface area contributed by atoms with Gasteiger partial charge < -0.3 is 15.7 Å². The molecule has 0 aliphatic rings. The molecule has 1 unspecified atom stereocenters. The Hall–Kier alpha value is -2.49. The summed E-state index contributed by atoms with van der Waals surface area (Å²) in [5.74, 6) is 0.192. The van der Waals surface area contributed by atoms with Crippen LogP contribution in [0, 0.1) is 0 Å². The molecule has 110 valence electrons. The Kier molecular flexibility index (Phi) is 4.82. The molecule has 0 radical (unpaired) electrons. The number of amides is 1. The Balaban J connectivity index is 2.04. The van der Waals surface area contributed by atoms with Gasteiger partial charge in [-0.05, 0) is 55.8 Å². The van der Waals surface area contributed by atoms with Crippen LogP contribution in [0.1, 0.15) is 35.8 Å². The topological polar surface area (TPSA) is 61.4 Å². The number of phenolic OH excluding ortho intramolecular Hbond substituents is 1. The van der Waals surface area contributed by atoms with Gasteiger partial charge in [0.1, 0.15) is 5.75 Å². The smallest absolute Gasteiger partial charge is 0.251 e. The SMILES string of the molecule is CCNC(=O)c1ccc(NC(C)c2cccc(O)c2)cc1. The number of rotatable bonds is 5. The second-order valence-corrected chi connectivity index (χ2v) is 4.90.